The van der Waals surface area contributed by atoms with Crippen LogP contribution in [0.4, 0.5) is 0 Å². The van der Waals surface area contributed by atoms with Crippen LogP contribution >= 0.6 is 0 Å². The standard InChI is InChI=1S/C21H32N2O3/c1-16-5-6-17(2)18(11-16)12-23-14-21(15-23)19(8-10-26-21)7-9-25-13-20(24)22(3)4/h5-6,11,19H,7-10,12-15H2,1-4H3/t19-/m0/s1. The van der Waals surface area contributed by atoms with Crippen LogP contribution in [0.1, 0.15) is 29.5 Å². The Balaban J connectivity index is 1.46. The van der Waals surface area contributed by atoms with Gasteiger partial charge < -0.3 is 14.4 Å². The largest absolute Gasteiger partial charge is 0.372 e. The number of aryl methyl sites for hydroxylation is 2. The van der Waals surface area contributed by atoms with Crippen LogP contribution in [0.15, 0.2) is 18.2 Å². The highest BCUT2D eigenvalue weighted by molar-refractivity contribution is 5.76. The van der Waals surface area contributed by atoms with Gasteiger partial charge in [0, 0.05) is 46.9 Å². The fraction of sp³-hybridized carbons (Fsp3) is 0.667. The van der Waals surface area contributed by atoms with E-state index in [-0.39, 0.29) is 18.1 Å². The van der Waals surface area contributed by atoms with Gasteiger partial charge in [0.25, 0.3) is 0 Å². The predicted molar refractivity (Wildman–Crippen MR) is 102 cm³/mol. The number of likely N-dealkylation sites (tertiary alicyclic amines) is 1. The van der Waals surface area contributed by atoms with Crippen molar-refractivity contribution in [1.29, 1.82) is 0 Å². The van der Waals surface area contributed by atoms with Gasteiger partial charge >= 0.3 is 0 Å². The lowest BCUT2D eigenvalue weighted by molar-refractivity contribution is -0.141. The van der Waals surface area contributed by atoms with Crippen molar-refractivity contribution in [3.63, 3.8) is 0 Å². The maximum absolute atomic E-state index is 11.6. The molecule has 0 N–H and O–H groups in total. The Bertz CT molecular complexity index is 638. The summed E-state index contributed by atoms with van der Waals surface area (Å²) in [6.45, 7) is 8.99. The van der Waals surface area contributed by atoms with E-state index in [0.717, 1.165) is 39.1 Å². The Morgan fingerprint density at radius 2 is 2.12 bits per heavy atom. The molecule has 2 fully saturated rings. The van der Waals surface area contributed by atoms with E-state index in [1.54, 1.807) is 19.0 Å². The molecule has 2 aliphatic heterocycles. The van der Waals surface area contributed by atoms with Crippen molar-refractivity contribution in [2.45, 2.75) is 38.8 Å². The van der Waals surface area contributed by atoms with Crippen LogP contribution in [-0.4, -0.2) is 68.3 Å². The Morgan fingerprint density at radius 1 is 1.35 bits per heavy atom. The molecule has 2 saturated heterocycles. The van der Waals surface area contributed by atoms with Crippen molar-refractivity contribution in [3.05, 3.63) is 34.9 Å². The van der Waals surface area contributed by atoms with E-state index >= 15 is 0 Å². The third kappa shape index (κ3) is 4.27. The van der Waals surface area contributed by atoms with E-state index in [2.05, 4.69) is 36.9 Å². The van der Waals surface area contributed by atoms with Crippen LogP contribution in [0, 0.1) is 19.8 Å². The topological polar surface area (TPSA) is 42.0 Å². The Morgan fingerprint density at radius 3 is 2.85 bits per heavy atom. The second-order valence-electron chi connectivity index (χ2n) is 8.10. The number of rotatable bonds is 7. The molecule has 2 heterocycles. The quantitative estimate of drug-likeness (QED) is 0.700. The molecule has 1 amide bonds. The first-order valence-electron chi connectivity index (χ1n) is 9.60. The van der Waals surface area contributed by atoms with Crippen molar-refractivity contribution < 1.29 is 14.3 Å². The number of likely N-dealkylation sites (N-methyl/N-ethyl adjacent to an activating group) is 1. The highest BCUT2D eigenvalue weighted by Gasteiger charge is 2.52. The molecule has 2 aliphatic rings. The van der Waals surface area contributed by atoms with Crippen molar-refractivity contribution in [1.82, 2.24) is 9.80 Å². The molecule has 0 unspecified atom stereocenters. The molecule has 26 heavy (non-hydrogen) atoms. The number of benzene rings is 1. The lowest BCUT2D eigenvalue weighted by Crippen LogP contribution is -2.64. The summed E-state index contributed by atoms with van der Waals surface area (Å²) in [5, 5.41) is 0. The number of amides is 1. The zero-order valence-electron chi connectivity index (χ0n) is 16.6. The third-order valence-corrected chi connectivity index (χ3v) is 5.82. The summed E-state index contributed by atoms with van der Waals surface area (Å²) in [7, 11) is 3.51. The lowest BCUT2D eigenvalue weighted by atomic mass is 9.79. The molecule has 1 atom stereocenters. The average molecular weight is 360 g/mol. The summed E-state index contributed by atoms with van der Waals surface area (Å²) in [6.07, 6.45) is 2.07. The van der Waals surface area contributed by atoms with Gasteiger partial charge in [-0.2, -0.15) is 0 Å². The molecule has 1 aromatic rings. The van der Waals surface area contributed by atoms with Crippen molar-refractivity contribution in [2.24, 2.45) is 5.92 Å². The minimum absolute atomic E-state index is 0.00659. The molecule has 0 saturated carbocycles. The molecular weight excluding hydrogens is 328 g/mol. The molecule has 0 aliphatic carbocycles. The van der Waals surface area contributed by atoms with Crippen LogP contribution in [0.5, 0.6) is 0 Å². The van der Waals surface area contributed by atoms with Gasteiger partial charge in [-0.15, -0.1) is 0 Å². The highest BCUT2D eigenvalue weighted by atomic mass is 16.5. The fourth-order valence-corrected chi connectivity index (χ4v) is 4.09. The first-order chi connectivity index (χ1) is 12.4. The van der Waals surface area contributed by atoms with Crippen molar-refractivity contribution >= 4 is 5.91 Å². The molecule has 0 aromatic heterocycles. The fourth-order valence-electron chi connectivity index (χ4n) is 4.09. The Kier molecular flexibility index (Phi) is 6.00. The summed E-state index contributed by atoms with van der Waals surface area (Å²) in [6, 6.07) is 6.68. The molecule has 3 rings (SSSR count). The summed E-state index contributed by atoms with van der Waals surface area (Å²) >= 11 is 0. The number of carbonyl (C=O) groups excluding carboxylic acids is 1. The molecule has 144 valence electrons. The van der Waals surface area contributed by atoms with E-state index in [1.807, 2.05) is 0 Å². The Labute approximate surface area is 157 Å². The van der Waals surface area contributed by atoms with Gasteiger partial charge in [0.15, 0.2) is 0 Å². The van der Waals surface area contributed by atoms with E-state index in [4.69, 9.17) is 9.47 Å². The van der Waals surface area contributed by atoms with Crippen LogP contribution in [0.2, 0.25) is 0 Å². The molecule has 1 spiro atoms. The molecular formula is C21H32N2O3. The average Bonchev–Trinajstić information content (AvgIpc) is 2.98. The number of nitrogens with zero attached hydrogens (tertiary/aromatic N) is 2. The van der Waals surface area contributed by atoms with Gasteiger partial charge in [-0.1, -0.05) is 23.8 Å². The molecule has 5 nitrogen and oxygen atoms in total. The maximum atomic E-state index is 11.6. The van der Waals surface area contributed by atoms with Crippen LogP contribution in [0.3, 0.4) is 0 Å². The molecule has 5 heteroatoms. The van der Waals surface area contributed by atoms with E-state index < -0.39 is 0 Å². The van der Waals surface area contributed by atoms with Gasteiger partial charge in [-0.3, -0.25) is 9.69 Å². The Hall–Kier alpha value is -1.43. The van der Waals surface area contributed by atoms with Gasteiger partial charge in [0.1, 0.15) is 6.61 Å². The first kappa shape index (κ1) is 19.3. The van der Waals surface area contributed by atoms with E-state index in [9.17, 15) is 4.79 Å². The summed E-state index contributed by atoms with van der Waals surface area (Å²) < 4.78 is 11.7. The van der Waals surface area contributed by atoms with E-state index in [1.165, 1.54) is 16.7 Å². The van der Waals surface area contributed by atoms with Crippen LogP contribution in [-0.2, 0) is 20.8 Å². The van der Waals surface area contributed by atoms with Gasteiger partial charge in [0.2, 0.25) is 5.91 Å². The first-order valence-corrected chi connectivity index (χ1v) is 9.60. The zero-order chi connectivity index (χ0) is 18.7. The summed E-state index contributed by atoms with van der Waals surface area (Å²) in [4.78, 5) is 15.6. The SMILES string of the molecule is Cc1ccc(C)c(CN2CC3(C2)OCC[C@@H]3CCOCC(=O)N(C)C)c1. The van der Waals surface area contributed by atoms with Gasteiger partial charge in [0.05, 0.1) is 5.60 Å². The normalized spacial score (nSPS) is 21.8. The lowest BCUT2D eigenvalue weighted by Gasteiger charge is -2.50. The molecule has 0 bridgehead atoms. The second kappa shape index (κ2) is 8.07. The van der Waals surface area contributed by atoms with E-state index in [0.29, 0.717) is 12.5 Å². The number of hydrogen-bond acceptors (Lipinski definition) is 4. The van der Waals surface area contributed by atoms with Crippen molar-refractivity contribution in [2.75, 3.05) is 47.0 Å². The summed E-state index contributed by atoms with van der Waals surface area (Å²) in [5.74, 6) is 0.553. The second-order valence-corrected chi connectivity index (χ2v) is 8.10. The predicted octanol–water partition coefficient (Wildman–Crippen LogP) is 2.39. The minimum atomic E-state index is 0.00659. The number of ether oxygens (including phenoxy) is 2. The zero-order valence-corrected chi connectivity index (χ0v) is 16.6. The van der Waals surface area contributed by atoms with Crippen LogP contribution < -0.4 is 0 Å². The monoisotopic (exact) mass is 360 g/mol. The minimum Gasteiger partial charge on any atom is -0.372 e. The number of carbonyl (C=O) groups is 1. The highest BCUT2D eigenvalue weighted by Crippen LogP contribution is 2.42. The number of hydrogen-bond donors (Lipinski definition) is 0. The smallest absolute Gasteiger partial charge is 0.248 e. The summed E-state index contributed by atoms with van der Waals surface area (Å²) in [5.41, 5.74) is 4.10. The van der Waals surface area contributed by atoms with Gasteiger partial charge in [-0.05, 0) is 43.7 Å². The third-order valence-electron chi connectivity index (χ3n) is 5.82. The molecule has 0 radical (unpaired) electrons. The van der Waals surface area contributed by atoms with Gasteiger partial charge in [-0.25, -0.2) is 0 Å². The van der Waals surface area contributed by atoms with Crippen LogP contribution in [0.25, 0.3) is 0 Å². The molecule has 1 aromatic carbocycles. The maximum Gasteiger partial charge on any atom is 0.248 e. The van der Waals surface area contributed by atoms with Crippen molar-refractivity contribution in [3.8, 4) is 0 Å².